The van der Waals surface area contributed by atoms with Gasteiger partial charge in [0.2, 0.25) is 0 Å². The van der Waals surface area contributed by atoms with Crippen LogP contribution in [0.4, 0.5) is 0 Å². The lowest BCUT2D eigenvalue weighted by Gasteiger charge is -2.33. The molecule has 0 saturated carbocycles. The van der Waals surface area contributed by atoms with Gasteiger partial charge in [0.25, 0.3) is 0 Å². The van der Waals surface area contributed by atoms with Gasteiger partial charge < -0.3 is 10.1 Å². The van der Waals surface area contributed by atoms with Crippen molar-refractivity contribution in [3.8, 4) is 5.75 Å². The Balaban J connectivity index is 2.05. The van der Waals surface area contributed by atoms with Crippen LogP contribution in [0.25, 0.3) is 0 Å². The van der Waals surface area contributed by atoms with Gasteiger partial charge >= 0.3 is 0 Å². The van der Waals surface area contributed by atoms with Crippen LogP contribution in [0.1, 0.15) is 42.5 Å². The van der Waals surface area contributed by atoms with Crippen molar-refractivity contribution in [1.82, 2.24) is 5.32 Å². The molecule has 2 unspecified atom stereocenters. The molecule has 1 aromatic carbocycles. The molecule has 17 heavy (non-hydrogen) atoms. The molecular formula is C15H21NO. The summed E-state index contributed by atoms with van der Waals surface area (Å²) in [5, 5.41) is 3.44. The fourth-order valence-corrected chi connectivity index (χ4v) is 3.21. The third-order valence-corrected chi connectivity index (χ3v) is 4.19. The molecule has 2 nitrogen and oxygen atoms in total. The van der Waals surface area contributed by atoms with Gasteiger partial charge in [-0.15, -0.1) is 0 Å². The van der Waals surface area contributed by atoms with Crippen molar-refractivity contribution in [3.63, 3.8) is 0 Å². The summed E-state index contributed by atoms with van der Waals surface area (Å²) in [6, 6.07) is 5.13. The van der Waals surface area contributed by atoms with Gasteiger partial charge in [-0.3, -0.25) is 0 Å². The van der Waals surface area contributed by atoms with Gasteiger partial charge in [0.15, 0.2) is 0 Å². The molecule has 92 valence electrons. The highest BCUT2D eigenvalue weighted by Crippen LogP contribution is 2.38. The van der Waals surface area contributed by atoms with Crippen molar-refractivity contribution in [1.29, 1.82) is 0 Å². The average Bonchev–Trinajstić information content (AvgIpc) is 2.36. The highest BCUT2D eigenvalue weighted by atomic mass is 16.5. The van der Waals surface area contributed by atoms with E-state index in [9.17, 15) is 0 Å². The average molecular weight is 231 g/mol. The first-order valence-corrected chi connectivity index (χ1v) is 6.75. The number of ether oxygens (including phenoxy) is 1. The van der Waals surface area contributed by atoms with Crippen LogP contribution in [0.15, 0.2) is 12.1 Å². The molecule has 1 aromatic rings. The molecule has 1 N–H and O–H groups in total. The number of hydrogen-bond acceptors (Lipinski definition) is 2. The fourth-order valence-electron chi connectivity index (χ4n) is 3.21. The topological polar surface area (TPSA) is 21.3 Å². The molecule has 3 rings (SSSR count). The van der Waals surface area contributed by atoms with Gasteiger partial charge in [0, 0.05) is 17.5 Å². The molecule has 1 aliphatic carbocycles. The molecule has 2 heteroatoms. The van der Waals surface area contributed by atoms with E-state index in [0.717, 1.165) is 12.4 Å². The van der Waals surface area contributed by atoms with E-state index in [2.05, 4.69) is 31.4 Å². The number of rotatable bonds is 1. The van der Waals surface area contributed by atoms with Crippen LogP contribution in [-0.2, 0) is 12.8 Å². The minimum atomic E-state index is 0.450. The van der Waals surface area contributed by atoms with Crippen molar-refractivity contribution >= 4 is 0 Å². The summed E-state index contributed by atoms with van der Waals surface area (Å²) in [7, 11) is 2.05. The van der Waals surface area contributed by atoms with Gasteiger partial charge in [-0.2, -0.15) is 0 Å². The Hall–Kier alpha value is -1.02. The quantitative estimate of drug-likeness (QED) is 0.802. The van der Waals surface area contributed by atoms with Crippen molar-refractivity contribution in [2.45, 2.75) is 38.6 Å². The van der Waals surface area contributed by atoms with E-state index in [1.807, 2.05) is 0 Å². The third kappa shape index (κ3) is 1.85. The summed E-state index contributed by atoms with van der Waals surface area (Å²) >= 11 is 0. The van der Waals surface area contributed by atoms with E-state index in [1.54, 1.807) is 5.56 Å². The summed E-state index contributed by atoms with van der Waals surface area (Å²) < 4.78 is 5.89. The van der Waals surface area contributed by atoms with Crippen LogP contribution in [-0.4, -0.2) is 13.7 Å². The molecule has 1 heterocycles. The Morgan fingerprint density at radius 1 is 1.18 bits per heavy atom. The Morgan fingerprint density at radius 3 is 2.59 bits per heavy atom. The predicted molar refractivity (Wildman–Crippen MR) is 69.5 cm³/mol. The molecular weight excluding hydrogens is 210 g/mol. The molecule has 2 atom stereocenters. The van der Waals surface area contributed by atoms with Gasteiger partial charge in [0.05, 0.1) is 6.61 Å². The summed E-state index contributed by atoms with van der Waals surface area (Å²) in [5.41, 5.74) is 4.43. The fraction of sp³-hybridized carbons (Fsp3) is 0.600. The lowest BCUT2D eigenvalue weighted by molar-refractivity contribution is 0.193. The Bertz CT molecular complexity index is 427. The number of benzene rings is 1. The van der Waals surface area contributed by atoms with Gasteiger partial charge in [0.1, 0.15) is 5.75 Å². The Morgan fingerprint density at radius 2 is 1.88 bits per heavy atom. The molecule has 0 spiro atoms. The summed E-state index contributed by atoms with van der Waals surface area (Å²) in [5.74, 6) is 1.66. The highest BCUT2D eigenvalue weighted by Gasteiger charge is 2.28. The van der Waals surface area contributed by atoms with Crippen molar-refractivity contribution in [2.24, 2.45) is 5.92 Å². The second-order valence-corrected chi connectivity index (χ2v) is 5.42. The van der Waals surface area contributed by atoms with Crippen molar-refractivity contribution < 1.29 is 4.74 Å². The normalized spacial score (nSPS) is 26.9. The first-order valence-electron chi connectivity index (χ1n) is 6.75. The molecule has 0 aromatic heterocycles. The van der Waals surface area contributed by atoms with Crippen molar-refractivity contribution in [2.75, 3.05) is 13.7 Å². The minimum absolute atomic E-state index is 0.450. The predicted octanol–water partition coefficient (Wildman–Crippen LogP) is 2.85. The summed E-state index contributed by atoms with van der Waals surface area (Å²) in [4.78, 5) is 0. The Labute approximate surface area is 103 Å². The summed E-state index contributed by atoms with van der Waals surface area (Å²) in [6.07, 6.45) is 5.14. The number of fused-ring (bicyclic) bond motifs is 2. The molecule has 0 fully saturated rings. The zero-order valence-corrected chi connectivity index (χ0v) is 10.8. The number of nitrogens with one attached hydrogen (secondary N) is 1. The Kier molecular flexibility index (Phi) is 2.83. The zero-order chi connectivity index (χ0) is 11.8. The molecule has 0 bridgehead atoms. The van der Waals surface area contributed by atoms with E-state index in [-0.39, 0.29) is 0 Å². The maximum absolute atomic E-state index is 5.89. The van der Waals surface area contributed by atoms with Gasteiger partial charge in [-0.05, 0) is 49.9 Å². The van der Waals surface area contributed by atoms with Crippen LogP contribution in [0.5, 0.6) is 5.75 Å². The largest absolute Gasteiger partial charge is 0.493 e. The van der Waals surface area contributed by atoms with Crippen LogP contribution in [0.3, 0.4) is 0 Å². The molecule has 1 aliphatic heterocycles. The van der Waals surface area contributed by atoms with E-state index in [1.165, 1.54) is 36.8 Å². The first-order chi connectivity index (χ1) is 8.29. The molecule has 2 aliphatic rings. The zero-order valence-electron chi connectivity index (χ0n) is 10.8. The van der Waals surface area contributed by atoms with Gasteiger partial charge in [-0.25, -0.2) is 0 Å². The molecule has 0 radical (unpaired) electrons. The smallest absolute Gasteiger partial charge is 0.124 e. The molecule has 0 amide bonds. The summed E-state index contributed by atoms with van der Waals surface area (Å²) in [6.45, 7) is 3.08. The van der Waals surface area contributed by atoms with Crippen molar-refractivity contribution in [3.05, 3.63) is 28.8 Å². The van der Waals surface area contributed by atoms with Crippen LogP contribution in [0.2, 0.25) is 0 Å². The maximum atomic E-state index is 5.89. The highest BCUT2D eigenvalue weighted by molar-refractivity contribution is 5.46. The number of aryl methyl sites for hydroxylation is 2. The first kappa shape index (κ1) is 11.1. The van der Waals surface area contributed by atoms with Crippen LogP contribution < -0.4 is 10.1 Å². The van der Waals surface area contributed by atoms with Gasteiger partial charge in [-0.1, -0.05) is 13.0 Å². The van der Waals surface area contributed by atoms with E-state index in [4.69, 9.17) is 4.74 Å². The molecule has 0 saturated heterocycles. The van der Waals surface area contributed by atoms with E-state index in [0.29, 0.717) is 12.0 Å². The second-order valence-electron chi connectivity index (χ2n) is 5.42. The monoisotopic (exact) mass is 231 g/mol. The second kappa shape index (κ2) is 4.34. The van der Waals surface area contributed by atoms with E-state index >= 15 is 0 Å². The van der Waals surface area contributed by atoms with Crippen LogP contribution >= 0.6 is 0 Å². The third-order valence-electron chi connectivity index (χ3n) is 4.19. The lowest BCUT2D eigenvalue weighted by Crippen LogP contribution is -2.32. The maximum Gasteiger partial charge on any atom is 0.124 e. The van der Waals surface area contributed by atoms with Crippen LogP contribution in [0, 0.1) is 5.92 Å². The SMILES string of the molecule is CNC1c2cc3c(cc2OCC1C)CCCC3. The minimum Gasteiger partial charge on any atom is -0.493 e. The standard InChI is InChI=1S/C15H21NO/c1-10-9-17-14-8-12-6-4-3-5-11(12)7-13(14)15(10)16-2/h7-8,10,15-16H,3-6,9H2,1-2H3. The van der Waals surface area contributed by atoms with E-state index < -0.39 is 0 Å². The lowest BCUT2D eigenvalue weighted by atomic mass is 9.85. The number of hydrogen-bond donors (Lipinski definition) is 1.